The summed E-state index contributed by atoms with van der Waals surface area (Å²) in [7, 11) is 1.53. The van der Waals surface area contributed by atoms with Crippen molar-refractivity contribution in [2.24, 2.45) is 0 Å². The summed E-state index contributed by atoms with van der Waals surface area (Å²) in [6.45, 7) is 3.94. The van der Waals surface area contributed by atoms with Crippen LogP contribution >= 0.6 is 11.3 Å². The van der Waals surface area contributed by atoms with Gasteiger partial charge >= 0.3 is 5.97 Å². The molecular weight excluding hydrogens is 442 g/mol. The molecule has 9 heteroatoms. The smallest absolute Gasteiger partial charge is 0.329 e. The summed E-state index contributed by atoms with van der Waals surface area (Å²) in [5.74, 6) is -0.229. The standard InChI is InChI=1S/C24H25N3O5S/c1-4-20-23(28)27(15(2)24(29)31-12-11-30-3)19-13-16(8-9-21(19)32-20)18-14-33-22(26-18)17-7-5-6-10-25-17/h5-10,13-15,20H,4,11-12H2,1-3H3. The lowest BCUT2D eigenvalue weighted by molar-refractivity contribution is -0.147. The van der Waals surface area contributed by atoms with Crippen molar-refractivity contribution in [1.82, 2.24) is 9.97 Å². The topological polar surface area (TPSA) is 90.9 Å². The SMILES string of the molecule is CCC1Oc2ccc(-c3csc(-c4ccccn4)n3)cc2N(C(C)C(=O)OCCOC)C1=O. The molecule has 0 fully saturated rings. The Balaban J connectivity index is 1.67. The number of carbonyl (C=O) groups is 2. The van der Waals surface area contributed by atoms with E-state index in [1.807, 2.05) is 48.7 Å². The number of pyridine rings is 1. The van der Waals surface area contributed by atoms with Gasteiger partial charge in [0.1, 0.15) is 23.4 Å². The summed E-state index contributed by atoms with van der Waals surface area (Å²) >= 11 is 1.49. The van der Waals surface area contributed by atoms with Gasteiger partial charge in [-0.3, -0.25) is 14.7 Å². The number of thiazole rings is 1. The van der Waals surface area contributed by atoms with E-state index in [1.165, 1.54) is 23.3 Å². The third kappa shape index (κ3) is 4.74. The van der Waals surface area contributed by atoms with E-state index in [9.17, 15) is 9.59 Å². The Labute approximate surface area is 196 Å². The molecule has 1 amide bonds. The number of ether oxygens (including phenoxy) is 3. The molecular formula is C24H25N3O5S. The van der Waals surface area contributed by atoms with Crippen molar-refractivity contribution in [1.29, 1.82) is 0 Å². The average molecular weight is 468 g/mol. The fraction of sp³-hybridized carbons (Fsp3) is 0.333. The van der Waals surface area contributed by atoms with E-state index < -0.39 is 18.1 Å². The van der Waals surface area contributed by atoms with E-state index in [2.05, 4.69) is 4.98 Å². The summed E-state index contributed by atoms with van der Waals surface area (Å²) in [5.41, 5.74) is 2.88. The normalized spacial score (nSPS) is 16.2. The second-order valence-corrected chi connectivity index (χ2v) is 8.35. The fourth-order valence-corrected chi connectivity index (χ4v) is 4.37. The van der Waals surface area contributed by atoms with Crippen LogP contribution in [0.5, 0.6) is 5.75 Å². The minimum absolute atomic E-state index is 0.122. The van der Waals surface area contributed by atoms with E-state index in [-0.39, 0.29) is 19.1 Å². The molecule has 8 nitrogen and oxygen atoms in total. The van der Waals surface area contributed by atoms with Crippen LogP contribution in [0.2, 0.25) is 0 Å². The summed E-state index contributed by atoms with van der Waals surface area (Å²) in [5, 5.41) is 2.74. The maximum Gasteiger partial charge on any atom is 0.329 e. The first-order chi connectivity index (χ1) is 16.0. The zero-order valence-electron chi connectivity index (χ0n) is 18.7. The Morgan fingerprint density at radius 2 is 2.09 bits per heavy atom. The van der Waals surface area contributed by atoms with Crippen LogP contribution in [0.4, 0.5) is 5.69 Å². The number of hydrogen-bond donors (Lipinski definition) is 0. The molecule has 1 aromatic carbocycles. The maximum absolute atomic E-state index is 13.2. The lowest BCUT2D eigenvalue weighted by atomic mass is 10.1. The molecule has 1 aliphatic rings. The molecule has 2 unspecified atom stereocenters. The fourth-order valence-electron chi connectivity index (χ4n) is 3.56. The first-order valence-corrected chi connectivity index (χ1v) is 11.6. The molecule has 0 N–H and O–H groups in total. The Kier molecular flexibility index (Phi) is 7.00. The molecule has 0 bridgehead atoms. The minimum Gasteiger partial charge on any atom is -0.478 e. The van der Waals surface area contributed by atoms with E-state index in [0.717, 1.165) is 22.0 Å². The lowest BCUT2D eigenvalue weighted by Crippen LogP contribution is -2.52. The first-order valence-electron chi connectivity index (χ1n) is 10.7. The Bertz CT molecular complexity index is 1130. The number of esters is 1. The van der Waals surface area contributed by atoms with Crippen molar-refractivity contribution in [2.45, 2.75) is 32.4 Å². The van der Waals surface area contributed by atoms with E-state index >= 15 is 0 Å². The highest BCUT2D eigenvalue weighted by Gasteiger charge is 2.39. The third-order valence-electron chi connectivity index (χ3n) is 5.32. The maximum atomic E-state index is 13.2. The molecule has 4 rings (SSSR count). The predicted octanol–water partition coefficient (Wildman–Crippen LogP) is 3.95. The number of anilines is 1. The number of aromatic nitrogens is 2. The van der Waals surface area contributed by atoms with Gasteiger partial charge in [-0.1, -0.05) is 13.0 Å². The second kappa shape index (κ2) is 10.1. The molecule has 33 heavy (non-hydrogen) atoms. The number of nitrogens with zero attached hydrogens (tertiary/aromatic N) is 3. The lowest BCUT2D eigenvalue weighted by Gasteiger charge is -2.37. The van der Waals surface area contributed by atoms with Crippen LogP contribution in [0.1, 0.15) is 20.3 Å². The van der Waals surface area contributed by atoms with Gasteiger partial charge in [0.25, 0.3) is 5.91 Å². The molecule has 3 aromatic rings. The van der Waals surface area contributed by atoms with Crippen LogP contribution in [0.15, 0.2) is 48.0 Å². The molecule has 0 radical (unpaired) electrons. The van der Waals surface area contributed by atoms with Crippen LogP contribution in [-0.2, 0) is 19.1 Å². The van der Waals surface area contributed by atoms with E-state index in [0.29, 0.717) is 17.9 Å². The number of rotatable bonds is 8. The number of methoxy groups -OCH3 is 1. The highest BCUT2D eigenvalue weighted by Crippen LogP contribution is 2.40. The minimum atomic E-state index is -0.819. The third-order valence-corrected chi connectivity index (χ3v) is 6.18. The van der Waals surface area contributed by atoms with Gasteiger partial charge in [0.15, 0.2) is 6.10 Å². The zero-order chi connectivity index (χ0) is 23.4. The number of amides is 1. The van der Waals surface area contributed by atoms with Gasteiger partial charge in [0.2, 0.25) is 0 Å². The number of hydrogen-bond acceptors (Lipinski definition) is 8. The molecule has 2 aromatic heterocycles. The van der Waals surface area contributed by atoms with Crippen molar-refractivity contribution in [2.75, 3.05) is 25.2 Å². The number of benzene rings is 1. The zero-order valence-corrected chi connectivity index (χ0v) is 19.5. The molecule has 0 saturated heterocycles. The highest BCUT2D eigenvalue weighted by molar-refractivity contribution is 7.13. The van der Waals surface area contributed by atoms with Crippen LogP contribution in [0, 0.1) is 0 Å². The van der Waals surface area contributed by atoms with E-state index in [4.69, 9.17) is 19.2 Å². The van der Waals surface area contributed by atoms with Crippen LogP contribution < -0.4 is 9.64 Å². The molecule has 0 saturated carbocycles. The highest BCUT2D eigenvalue weighted by atomic mass is 32.1. The number of carbonyl (C=O) groups excluding carboxylic acids is 2. The van der Waals surface area contributed by atoms with Crippen molar-refractivity contribution in [3.63, 3.8) is 0 Å². The summed E-state index contributed by atoms with van der Waals surface area (Å²) in [6, 6.07) is 10.4. The summed E-state index contributed by atoms with van der Waals surface area (Å²) in [6.07, 6.45) is 1.56. The van der Waals surface area contributed by atoms with Gasteiger partial charge < -0.3 is 14.2 Å². The Morgan fingerprint density at radius 1 is 1.24 bits per heavy atom. The summed E-state index contributed by atoms with van der Waals surface area (Å²) in [4.78, 5) is 36.4. The number of fused-ring (bicyclic) bond motifs is 1. The largest absolute Gasteiger partial charge is 0.478 e. The monoisotopic (exact) mass is 467 g/mol. The summed E-state index contributed by atoms with van der Waals surface area (Å²) < 4.78 is 16.1. The molecule has 1 aliphatic heterocycles. The predicted molar refractivity (Wildman–Crippen MR) is 125 cm³/mol. The van der Waals surface area contributed by atoms with Gasteiger partial charge in [-0.05, 0) is 43.7 Å². The van der Waals surface area contributed by atoms with Crippen molar-refractivity contribution >= 4 is 28.9 Å². The molecule has 172 valence electrons. The Hall–Kier alpha value is -3.30. The van der Waals surface area contributed by atoms with Gasteiger partial charge in [-0.25, -0.2) is 9.78 Å². The quantitative estimate of drug-likeness (QED) is 0.366. The van der Waals surface area contributed by atoms with Crippen LogP contribution in [-0.4, -0.2) is 54.3 Å². The van der Waals surface area contributed by atoms with E-state index in [1.54, 1.807) is 13.1 Å². The van der Waals surface area contributed by atoms with Gasteiger partial charge in [-0.15, -0.1) is 11.3 Å². The first kappa shape index (κ1) is 22.9. The molecule has 3 heterocycles. The molecule has 2 atom stereocenters. The van der Waals surface area contributed by atoms with Gasteiger partial charge in [-0.2, -0.15) is 0 Å². The molecule has 0 spiro atoms. The van der Waals surface area contributed by atoms with Gasteiger partial charge in [0, 0.05) is 24.3 Å². The average Bonchev–Trinajstić information content (AvgIpc) is 3.34. The van der Waals surface area contributed by atoms with Crippen molar-refractivity contribution in [3.8, 4) is 27.7 Å². The van der Waals surface area contributed by atoms with Crippen molar-refractivity contribution in [3.05, 3.63) is 48.0 Å². The van der Waals surface area contributed by atoms with Crippen LogP contribution in [0.25, 0.3) is 22.0 Å². The molecule has 0 aliphatic carbocycles. The van der Waals surface area contributed by atoms with Crippen molar-refractivity contribution < 1.29 is 23.8 Å². The Morgan fingerprint density at radius 3 is 2.82 bits per heavy atom. The van der Waals surface area contributed by atoms with Gasteiger partial charge in [0.05, 0.1) is 23.7 Å². The second-order valence-electron chi connectivity index (χ2n) is 7.49. The van der Waals surface area contributed by atoms with Crippen LogP contribution in [0.3, 0.4) is 0 Å².